The first-order chi connectivity index (χ1) is 12.7. The van der Waals surface area contributed by atoms with E-state index in [1.807, 2.05) is 12.1 Å². The van der Waals surface area contributed by atoms with Crippen LogP contribution < -0.4 is 15.5 Å². The Hall–Kier alpha value is -2.78. The molecule has 2 N–H and O–H groups in total. The summed E-state index contributed by atoms with van der Waals surface area (Å²) in [5.74, 6) is 1.15. The average Bonchev–Trinajstić information content (AvgIpc) is 2.68. The number of carbonyl (C=O) groups excluding carboxylic acids is 1. The maximum atomic E-state index is 12.0. The fourth-order valence-electron chi connectivity index (χ4n) is 3.05. The highest BCUT2D eigenvalue weighted by molar-refractivity contribution is 6.33. The Balaban J connectivity index is 1.46. The van der Waals surface area contributed by atoms with Crippen molar-refractivity contribution >= 4 is 29.1 Å². The van der Waals surface area contributed by atoms with Gasteiger partial charge in [0.15, 0.2) is 0 Å². The van der Waals surface area contributed by atoms with Gasteiger partial charge in [-0.15, -0.1) is 0 Å². The Labute approximate surface area is 157 Å². The second-order valence-corrected chi connectivity index (χ2v) is 6.64. The fraction of sp³-hybridized carbons (Fsp3) is 0.316. The summed E-state index contributed by atoms with van der Waals surface area (Å²) in [6, 6.07) is 12.6. The third-order valence-electron chi connectivity index (χ3n) is 4.49. The normalized spacial score (nSPS) is 14.5. The molecule has 0 unspecified atom stereocenters. The number of rotatable bonds is 4. The maximum Gasteiger partial charge on any atom is 0.319 e. The van der Waals surface area contributed by atoms with Crippen LogP contribution in [0.4, 0.5) is 16.3 Å². The molecule has 134 valence electrons. The lowest BCUT2D eigenvalue weighted by Crippen LogP contribution is -2.40. The Kier molecular flexibility index (Phi) is 5.92. The monoisotopic (exact) mass is 369 g/mol. The molecular formula is C19H20ClN5O. The highest BCUT2D eigenvalue weighted by Crippen LogP contribution is 2.24. The van der Waals surface area contributed by atoms with Crippen molar-refractivity contribution in [2.24, 2.45) is 5.92 Å². The van der Waals surface area contributed by atoms with Crippen LogP contribution >= 0.6 is 11.6 Å². The number of carbonyl (C=O) groups is 1. The van der Waals surface area contributed by atoms with E-state index in [9.17, 15) is 10.1 Å². The van der Waals surface area contributed by atoms with Crippen LogP contribution in [0.15, 0.2) is 42.6 Å². The summed E-state index contributed by atoms with van der Waals surface area (Å²) in [7, 11) is 0. The van der Waals surface area contributed by atoms with E-state index in [1.165, 1.54) is 0 Å². The first-order valence-corrected chi connectivity index (χ1v) is 8.94. The molecule has 1 aliphatic heterocycles. The number of nitrogens with zero attached hydrogens (tertiary/aromatic N) is 3. The lowest BCUT2D eigenvalue weighted by atomic mass is 9.96. The van der Waals surface area contributed by atoms with E-state index < -0.39 is 0 Å². The molecule has 3 rings (SSSR count). The van der Waals surface area contributed by atoms with Gasteiger partial charge in [-0.2, -0.15) is 5.26 Å². The number of urea groups is 1. The summed E-state index contributed by atoms with van der Waals surface area (Å²) < 4.78 is 0. The third kappa shape index (κ3) is 4.44. The minimum atomic E-state index is -0.253. The Bertz CT molecular complexity index is 812. The standard InChI is InChI=1S/C19H20ClN5O/c20-16-5-1-2-6-17(16)24-19(26)23-13-14-7-10-25(11-8-14)18-15(12-21)4-3-9-22-18/h1-6,9,14H,7-8,10-11,13H2,(H2,23,24,26). The van der Waals surface area contributed by atoms with Crippen molar-refractivity contribution in [3.8, 4) is 6.07 Å². The van der Waals surface area contributed by atoms with Gasteiger partial charge >= 0.3 is 6.03 Å². The van der Waals surface area contributed by atoms with Crippen LogP contribution in [0.3, 0.4) is 0 Å². The van der Waals surface area contributed by atoms with Crippen LogP contribution in [-0.4, -0.2) is 30.6 Å². The molecule has 0 atom stereocenters. The number of piperidine rings is 1. The van der Waals surface area contributed by atoms with Crippen molar-refractivity contribution in [3.63, 3.8) is 0 Å². The number of nitrogens with one attached hydrogen (secondary N) is 2. The highest BCUT2D eigenvalue weighted by Gasteiger charge is 2.22. The molecule has 0 saturated carbocycles. The van der Waals surface area contributed by atoms with Crippen molar-refractivity contribution in [2.75, 3.05) is 29.9 Å². The van der Waals surface area contributed by atoms with E-state index in [-0.39, 0.29) is 6.03 Å². The number of anilines is 2. The van der Waals surface area contributed by atoms with Gasteiger partial charge in [0.2, 0.25) is 0 Å². The molecular weight excluding hydrogens is 350 g/mol. The second-order valence-electron chi connectivity index (χ2n) is 6.23. The quantitative estimate of drug-likeness (QED) is 0.862. The largest absolute Gasteiger partial charge is 0.356 e. The van der Waals surface area contributed by atoms with Gasteiger partial charge < -0.3 is 15.5 Å². The topological polar surface area (TPSA) is 81.1 Å². The summed E-state index contributed by atoms with van der Waals surface area (Å²) in [4.78, 5) is 18.5. The molecule has 2 aromatic rings. The predicted molar refractivity (Wildman–Crippen MR) is 102 cm³/mol. The van der Waals surface area contributed by atoms with E-state index in [0.29, 0.717) is 28.7 Å². The van der Waals surface area contributed by atoms with E-state index >= 15 is 0 Å². The number of pyridine rings is 1. The van der Waals surface area contributed by atoms with Crippen molar-refractivity contribution in [3.05, 3.63) is 53.2 Å². The number of para-hydroxylation sites is 1. The van der Waals surface area contributed by atoms with Crippen LogP contribution in [0, 0.1) is 17.2 Å². The number of hydrogen-bond acceptors (Lipinski definition) is 4. The number of benzene rings is 1. The maximum absolute atomic E-state index is 12.0. The molecule has 1 fully saturated rings. The molecule has 0 radical (unpaired) electrons. The number of halogens is 1. The highest BCUT2D eigenvalue weighted by atomic mass is 35.5. The molecule has 26 heavy (non-hydrogen) atoms. The second kappa shape index (κ2) is 8.54. The van der Waals surface area contributed by atoms with Crippen LogP contribution in [0.1, 0.15) is 18.4 Å². The van der Waals surface area contributed by atoms with Gasteiger partial charge in [-0.05, 0) is 43.0 Å². The Morgan fingerprint density at radius 2 is 2.04 bits per heavy atom. The van der Waals surface area contributed by atoms with E-state index in [2.05, 4.69) is 26.6 Å². The van der Waals surface area contributed by atoms with Gasteiger partial charge in [0, 0.05) is 25.8 Å². The number of amides is 2. The van der Waals surface area contributed by atoms with Gasteiger partial charge in [0.05, 0.1) is 16.3 Å². The average molecular weight is 370 g/mol. The van der Waals surface area contributed by atoms with Crippen molar-refractivity contribution in [1.29, 1.82) is 5.26 Å². The van der Waals surface area contributed by atoms with Gasteiger partial charge in [0.25, 0.3) is 0 Å². The molecule has 0 bridgehead atoms. The molecule has 1 aliphatic rings. The van der Waals surface area contributed by atoms with Crippen LogP contribution in [0.25, 0.3) is 0 Å². The fourth-order valence-corrected chi connectivity index (χ4v) is 3.23. The van der Waals surface area contributed by atoms with E-state index in [0.717, 1.165) is 31.7 Å². The van der Waals surface area contributed by atoms with Gasteiger partial charge in [0.1, 0.15) is 11.9 Å². The van der Waals surface area contributed by atoms with Gasteiger partial charge in [-0.25, -0.2) is 9.78 Å². The van der Waals surface area contributed by atoms with E-state index in [1.54, 1.807) is 30.5 Å². The molecule has 2 amide bonds. The van der Waals surface area contributed by atoms with Crippen LogP contribution in [0.5, 0.6) is 0 Å². The number of hydrogen-bond donors (Lipinski definition) is 2. The predicted octanol–water partition coefficient (Wildman–Crippen LogP) is 3.64. The summed E-state index contributed by atoms with van der Waals surface area (Å²) in [6.07, 6.45) is 3.59. The summed E-state index contributed by atoms with van der Waals surface area (Å²) in [5.41, 5.74) is 1.20. The van der Waals surface area contributed by atoms with Crippen molar-refractivity contribution < 1.29 is 4.79 Å². The van der Waals surface area contributed by atoms with Crippen LogP contribution in [0.2, 0.25) is 5.02 Å². The van der Waals surface area contributed by atoms with E-state index in [4.69, 9.17) is 11.6 Å². The Morgan fingerprint density at radius 1 is 1.27 bits per heavy atom. The molecule has 2 heterocycles. The lowest BCUT2D eigenvalue weighted by Gasteiger charge is -2.33. The summed E-state index contributed by atoms with van der Waals surface area (Å²) in [5, 5.41) is 15.4. The smallest absolute Gasteiger partial charge is 0.319 e. The zero-order valence-corrected chi connectivity index (χ0v) is 15.0. The molecule has 7 heteroatoms. The SMILES string of the molecule is N#Cc1cccnc1N1CCC(CNC(=O)Nc2ccccc2Cl)CC1. The van der Waals surface area contributed by atoms with Crippen LogP contribution in [-0.2, 0) is 0 Å². The minimum Gasteiger partial charge on any atom is -0.356 e. The summed E-state index contributed by atoms with van der Waals surface area (Å²) >= 11 is 6.04. The van der Waals surface area contributed by atoms with Gasteiger partial charge in [-0.1, -0.05) is 23.7 Å². The first kappa shape index (κ1) is 18.0. The van der Waals surface area contributed by atoms with Crippen molar-refractivity contribution in [2.45, 2.75) is 12.8 Å². The molecule has 1 aromatic carbocycles. The molecule has 0 aliphatic carbocycles. The minimum absolute atomic E-state index is 0.253. The Morgan fingerprint density at radius 3 is 2.77 bits per heavy atom. The molecule has 1 aromatic heterocycles. The third-order valence-corrected chi connectivity index (χ3v) is 4.82. The summed E-state index contributed by atoms with van der Waals surface area (Å²) in [6.45, 7) is 2.26. The lowest BCUT2D eigenvalue weighted by molar-refractivity contribution is 0.248. The van der Waals surface area contributed by atoms with Gasteiger partial charge in [-0.3, -0.25) is 0 Å². The molecule has 6 nitrogen and oxygen atoms in total. The number of aromatic nitrogens is 1. The van der Waals surface area contributed by atoms with Crippen molar-refractivity contribution in [1.82, 2.24) is 10.3 Å². The zero-order chi connectivity index (χ0) is 18.4. The number of nitriles is 1. The first-order valence-electron chi connectivity index (χ1n) is 8.57. The molecule has 1 saturated heterocycles. The zero-order valence-electron chi connectivity index (χ0n) is 14.3. The molecule has 0 spiro atoms.